The monoisotopic (exact) mass is 366 g/mol. The van der Waals surface area contributed by atoms with Crippen LogP contribution in [0.4, 0.5) is 4.79 Å². The van der Waals surface area contributed by atoms with Gasteiger partial charge in [-0.2, -0.15) is 0 Å². The highest BCUT2D eigenvalue weighted by molar-refractivity contribution is 5.75. The number of nitrogens with zero attached hydrogens (tertiary/aromatic N) is 1. The molecule has 2 aromatic carbocycles. The summed E-state index contributed by atoms with van der Waals surface area (Å²) < 4.78 is 0. The second-order valence-corrected chi connectivity index (χ2v) is 7.13. The van der Waals surface area contributed by atoms with Gasteiger partial charge in [-0.15, -0.1) is 0 Å². The van der Waals surface area contributed by atoms with Crippen molar-refractivity contribution in [2.24, 2.45) is 0 Å². The average molecular weight is 366 g/mol. The number of carboxylic acids is 1. The summed E-state index contributed by atoms with van der Waals surface area (Å²) in [5.41, 5.74) is 3.59. The summed E-state index contributed by atoms with van der Waals surface area (Å²) in [5, 5.41) is 12.1. The van der Waals surface area contributed by atoms with Gasteiger partial charge in [0, 0.05) is 19.5 Å². The lowest BCUT2D eigenvalue weighted by atomic mass is 10.0. The molecule has 1 aliphatic carbocycles. The lowest BCUT2D eigenvalue weighted by molar-refractivity contribution is -0.137. The average Bonchev–Trinajstić information content (AvgIpc) is 3.10. The normalized spacial score (nSPS) is 16.4. The Labute approximate surface area is 160 Å². The zero-order valence-electron chi connectivity index (χ0n) is 15.6. The Hall–Kier alpha value is -2.82. The first-order valence-corrected chi connectivity index (χ1v) is 9.41. The van der Waals surface area contributed by atoms with E-state index in [1.165, 1.54) is 11.1 Å². The number of aryl methyl sites for hydroxylation is 1. The summed E-state index contributed by atoms with van der Waals surface area (Å²) >= 11 is 0. The van der Waals surface area contributed by atoms with Gasteiger partial charge in [0.25, 0.3) is 0 Å². The molecule has 2 aromatic rings. The van der Waals surface area contributed by atoms with Gasteiger partial charge in [-0.3, -0.25) is 4.79 Å². The van der Waals surface area contributed by atoms with Gasteiger partial charge in [-0.05, 0) is 42.4 Å². The number of rotatable bonds is 7. The third kappa shape index (κ3) is 4.88. The van der Waals surface area contributed by atoms with E-state index in [0.29, 0.717) is 12.8 Å². The zero-order valence-corrected chi connectivity index (χ0v) is 15.6. The van der Waals surface area contributed by atoms with Crippen LogP contribution in [0.5, 0.6) is 0 Å². The van der Waals surface area contributed by atoms with E-state index in [-0.39, 0.29) is 24.5 Å². The maximum absolute atomic E-state index is 12.9. The van der Waals surface area contributed by atoms with Crippen LogP contribution in [0.25, 0.3) is 0 Å². The summed E-state index contributed by atoms with van der Waals surface area (Å²) in [6.07, 6.45) is 2.96. The molecule has 0 fully saturated rings. The van der Waals surface area contributed by atoms with Gasteiger partial charge in [0.05, 0.1) is 6.04 Å². The first-order chi connectivity index (χ1) is 13.0. The van der Waals surface area contributed by atoms with Gasteiger partial charge in [-0.1, -0.05) is 54.6 Å². The minimum absolute atomic E-state index is 0.0355. The smallest absolute Gasteiger partial charge is 0.317 e. The maximum atomic E-state index is 12.9. The molecule has 0 heterocycles. The molecule has 0 saturated carbocycles. The van der Waals surface area contributed by atoms with Crippen LogP contribution in [0.1, 0.15) is 42.0 Å². The lowest BCUT2D eigenvalue weighted by Crippen LogP contribution is -2.45. The highest BCUT2D eigenvalue weighted by Crippen LogP contribution is 2.34. The van der Waals surface area contributed by atoms with Crippen LogP contribution in [0, 0.1) is 0 Å². The molecule has 2 amide bonds. The predicted octanol–water partition coefficient (Wildman–Crippen LogP) is 3.79. The van der Waals surface area contributed by atoms with Gasteiger partial charge in [0.2, 0.25) is 0 Å². The Morgan fingerprint density at radius 2 is 1.85 bits per heavy atom. The standard InChI is InChI=1S/C22H26N2O3/c1-24(20-13-11-17-9-5-6-10-19(17)20)22(27)23-18(12-14-21(25)26)15-16-7-3-2-4-8-16/h2-10,18,20H,11-15H2,1H3,(H,23,27)(H,25,26). The van der Waals surface area contributed by atoms with Crippen molar-refractivity contribution in [3.05, 3.63) is 71.3 Å². The van der Waals surface area contributed by atoms with Gasteiger partial charge in [-0.25, -0.2) is 4.79 Å². The number of carboxylic acid groups (broad SMARTS) is 1. The molecule has 2 N–H and O–H groups in total. The van der Waals surface area contributed by atoms with Crippen molar-refractivity contribution in [1.82, 2.24) is 10.2 Å². The third-order valence-electron chi connectivity index (χ3n) is 5.25. The molecule has 2 unspecified atom stereocenters. The number of carbonyl (C=O) groups is 2. The molecule has 5 heteroatoms. The third-order valence-corrected chi connectivity index (χ3v) is 5.25. The van der Waals surface area contributed by atoms with Gasteiger partial charge in [0.15, 0.2) is 0 Å². The summed E-state index contributed by atoms with van der Waals surface area (Å²) in [6, 6.07) is 17.8. The van der Waals surface area contributed by atoms with E-state index in [0.717, 1.165) is 18.4 Å². The molecular formula is C22H26N2O3. The van der Waals surface area contributed by atoms with Crippen LogP contribution < -0.4 is 5.32 Å². The molecule has 0 radical (unpaired) electrons. The number of amides is 2. The van der Waals surface area contributed by atoms with Crippen molar-refractivity contribution in [3.8, 4) is 0 Å². The van der Waals surface area contributed by atoms with E-state index in [1.54, 1.807) is 4.90 Å². The van der Waals surface area contributed by atoms with Crippen LogP contribution >= 0.6 is 0 Å². The summed E-state index contributed by atoms with van der Waals surface area (Å²) in [5.74, 6) is -0.847. The Morgan fingerprint density at radius 3 is 2.59 bits per heavy atom. The topological polar surface area (TPSA) is 69.6 Å². The fraction of sp³-hybridized carbons (Fsp3) is 0.364. The minimum atomic E-state index is -0.847. The first-order valence-electron chi connectivity index (χ1n) is 9.41. The van der Waals surface area contributed by atoms with Crippen molar-refractivity contribution in [2.45, 2.75) is 44.2 Å². The molecule has 3 rings (SSSR count). The van der Waals surface area contributed by atoms with E-state index < -0.39 is 5.97 Å². The Morgan fingerprint density at radius 1 is 1.15 bits per heavy atom. The molecule has 2 atom stereocenters. The fourth-order valence-corrected chi connectivity index (χ4v) is 3.78. The van der Waals surface area contributed by atoms with Crippen LogP contribution in [0.15, 0.2) is 54.6 Å². The van der Waals surface area contributed by atoms with Gasteiger partial charge < -0.3 is 15.3 Å². The number of hydrogen-bond donors (Lipinski definition) is 2. The second-order valence-electron chi connectivity index (χ2n) is 7.13. The number of fused-ring (bicyclic) bond motifs is 1. The van der Waals surface area contributed by atoms with Crippen molar-refractivity contribution < 1.29 is 14.7 Å². The van der Waals surface area contributed by atoms with E-state index >= 15 is 0 Å². The van der Waals surface area contributed by atoms with Crippen LogP contribution in [0.2, 0.25) is 0 Å². The minimum Gasteiger partial charge on any atom is -0.481 e. The maximum Gasteiger partial charge on any atom is 0.317 e. The number of benzene rings is 2. The van der Waals surface area contributed by atoms with Crippen LogP contribution in [-0.2, 0) is 17.6 Å². The summed E-state index contributed by atoms with van der Waals surface area (Å²) in [6.45, 7) is 0. The molecule has 0 saturated heterocycles. The molecule has 0 bridgehead atoms. The lowest BCUT2D eigenvalue weighted by Gasteiger charge is -2.28. The molecule has 0 aromatic heterocycles. The SMILES string of the molecule is CN(C(=O)NC(CCC(=O)O)Cc1ccccc1)C1CCc2ccccc21. The highest BCUT2D eigenvalue weighted by Gasteiger charge is 2.29. The number of carbonyl (C=O) groups excluding carboxylic acids is 1. The molecule has 0 spiro atoms. The van der Waals surface area contributed by atoms with E-state index in [2.05, 4.69) is 17.4 Å². The molecule has 142 valence electrons. The molecule has 1 aliphatic rings. The van der Waals surface area contributed by atoms with Crippen molar-refractivity contribution in [2.75, 3.05) is 7.05 Å². The van der Waals surface area contributed by atoms with E-state index in [9.17, 15) is 9.59 Å². The van der Waals surface area contributed by atoms with Crippen LogP contribution in [0.3, 0.4) is 0 Å². The quantitative estimate of drug-likeness (QED) is 0.783. The van der Waals surface area contributed by atoms with E-state index in [4.69, 9.17) is 5.11 Å². The summed E-state index contributed by atoms with van der Waals surface area (Å²) in [7, 11) is 1.82. The fourth-order valence-electron chi connectivity index (χ4n) is 3.78. The van der Waals surface area contributed by atoms with Crippen LogP contribution in [-0.4, -0.2) is 35.1 Å². The number of aliphatic carboxylic acids is 1. The molecule has 5 nitrogen and oxygen atoms in total. The Bertz CT molecular complexity index is 791. The molecular weight excluding hydrogens is 340 g/mol. The Balaban J connectivity index is 1.67. The van der Waals surface area contributed by atoms with Crippen molar-refractivity contribution >= 4 is 12.0 Å². The molecule has 0 aliphatic heterocycles. The van der Waals surface area contributed by atoms with Crippen molar-refractivity contribution in [3.63, 3.8) is 0 Å². The number of nitrogens with one attached hydrogen (secondary N) is 1. The van der Waals surface area contributed by atoms with Crippen molar-refractivity contribution in [1.29, 1.82) is 0 Å². The number of urea groups is 1. The first kappa shape index (κ1) is 19.0. The molecule has 27 heavy (non-hydrogen) atoms. The largest absolute Gasteiger partial charge is 0.481 e. The zero-order chi connectivity index (χ0) is 19.2. The summed E-state index contributed by atoms with van der Waals surface area (Å²) in [4.78, 5) is 25.6. The highest BCUT2D eigenvalue weighted by atomic mass is 16.4. The van der Waals surface area contributed by atoms with Gasteiger partial charge in [0.1, 0.15) is 0 Å². The predicted molar refractivity (Wildman–Crippen MR) is 105 cm³/mol. The number of hydrogen-bond acceptors (Lipinski definition) is 2. The van der Waals surface area contributed by atoms with Gasteiger partial charge >= 0.3 is 12.0 Å². The second kappa shape index (κ2) is 8.71. The Kier molecular flexibility index (Phi) is 6.12. The van der Waals surface area contributed by atoms with E-state index in [1.807, 2.05) is 49.5 Å².